The summed E-state index contributed by atoms with van der Waals surface area (Å²) in [6, 6.07) is 3.42. The Morgan fingerprint density at radius 2 is 2.14 bits per heavy atom. The van der Waals surface area contributed by atoms with Crippen molar-refractivity contribution in [2.24, 2.45) is 10.7 Å². The number of halogens is 2. The predicted molar refractivity (Wildman–Crippen MR) is 52.0 cm³/mol. The molecule has 0 amide bonds. The van der Waals surface area contributed by atoms with E-state index < -0.39 is 11.6 Å². The average molecular weight is 198 g/mol. The van der Waals surface area contributed by atoms with Gasteiger partial charge in [-0.1, -0.05) is 13.0 Å². The monoisotopic (exact) mass is 198 g/mol. The lowest BCUT2D eigenvalue weighted by Crippen LogP contribution is -2.10. The number of hydrogen-bond acceptors (Lipinski definition) is 1. The van der Waals surface area contributed by atoms with Gasteiger partial charge in [0.25, 0.3) is 0 Å². The number of rotatable bonds is 3. The minimum atomic E-state index is -0.586. The van der Waals surface area contributed by atoms with Gasteiger partial charge in [-0.05, 0) is 6.07 Å². The molecule has 2 nitrogen and oxygen atoms in total. The van der Waals surface area contributed by atoms with Crippen LogP contribution in [-0.2, 0) is 6.54 Å². The van der Waals surface area contributed by atoms with Crippen LogP contribution < -0.4 is 5.73 Å². The molecule has 1 rings (SSSR count). The van der Waals surface area contributed by atoms with Crippen molar-refractivity contribution in [2.45, 2.75) is 19.9 Å². The summed E-state index contributed by atoms with van der Waals surface area (Å²) in [4.78, 5) is 3.94. The molecule has 0 aromatic heterocycles. The van der Waals surface area contributed by atoms with Crippen molar-refractivity contribution in [3.05, 3.63) is 35.4 Å². The molecule has 0 aliphatic carbocycles. The molecule has 0 atom stereocenters. The lowest BCUT2D eigenvalue weighted by atomic mass is 10.2. The molecule has 0 heterocycles. The van der Waals surface area contributed by atoms with Crippen LogP contribution in [0.4, 0.5) is 8.78 Å². The fourth-order valence-corrected chi connectivity index (χ4v) is 0.948. The van der Waals surface area contributed by atoms with Gasteiger partial charge in [-0.3, -0.25) is 4.99 Å². The molecule has 0 aliphatic rings. The van der Waals surface area contributed by atoms with Gasteiger partial charge in [-0.15, -0.1) is 0 Å². The summed E-state index contributed by atoms with van der Waals surface area (Å²) in [5, 5.41) is 0. The standard InChI is InChI=1S/C10H12F2N2/c1-2-10(13)14-6-7-3-4-8(11)5-9(7)12/h3-5H,2,6H2,1H3,(H2,13,14). The molecular formula is C10H12F2N2. The summed E-state index contributed by atoms with van der Waals surface area (Å²) in [6.07, 6.45) is 0.628. The van der Waals surface area contributed by atoms with Crippen molar-refractivity contribution in [3.8, 4) is 0 Å². The van der Waals surface area contributed by atoms with Gasteiger partial charge in [-0.25, -0.2) is 8.78 Å². The summed E-state index contributed by atoms with van der Waals surface area (Å²) in [5.74, 6) is -0.704. The summed E-state index contributed by atoms with van der Waals surface area (Å²) >= 11 is 0. The molecule has 76 valence electrons. The van der Waals surface area contributed by atoms with Crippen LogP contribution in [0.2, 0.25) is 0 Å². The van der Waals surface area contributed by atoms with Crippen LogP contribution in [-0.4, -0.2) is 5.84 Å². The van der Waals surface area contributed by atoms with Crippen molar-refractivity contribution >= 4 is 5.84 Å². The molecule has 0 spiro atoms. The normalized spacial score (nSPS) is 11.8. The van der Waals surface area contributed by atoms with E-state index in [4.69, 9.17) is 5.73 Å². The number of hydrogen-bond donors (Lipinski definition) is 1. The van der Waals surface area contributed by atoms with Crippen LogP contribution in [0.15, 0.2) is 23.2 Å². The van der Waals surface area contributed by atoms with Gasteiger partial charge >= 0.3 is 0 Å². The van der Waals surface area contributed by atoms with E-state index in [0.717, 1.165) is 6.07 Å². The third-order valence-corrected chi connectivity index (χ3v) is 1.83. The number of amidine groups is 1. The van der Waals surface area contributed by atoms with Gasteiger partial charge in [0, 0.05) is 18.1 Å². The Morgan fingerprint density at radius 1 is 1.43 bits per heavy atom. The highest BCUT2D eigenvalue weighted by Gasteiger charge is 2.02. The van der Waals surface area contributed by atoms with Gasteiger partial charge in [0.2, 0.25) is 0 Å². The third kappa shape index (κ3) is 2.80. The summed E-state index contributed by atoms with van der Waals surface area (Å²) in [6.45, 7) is 2.02. The van der Waals surface area contributed by atoms with Crippen molar-refractivity contribution in [2.75, 3.05) is 0 Å². The number of nitrogens with two attached hydrogens (primary N) is 1. The van der Waals surface area contributed by atoms with Crippen LogP contribution in [0.25, 0.3) is 0 Å². The Kier molecular flexibility index (Phi) is 3.56. The second kappa shape index (κ2) is 4.69. The second-order valence-electron chi connectivity index (χ2n) is 2.90. The Bertz CT molecular complexity index is 348. The Hall–Kier alpha value is -1.45. The molecule has 1 aromatic carbocycles. The molecule has 14 heavy (non-hydrogen) atoms. The Morgan fingerprint density at radius 3 is 2.71 bits per heavy atom. The first-order chi connectivity index (χ1) is 6.63. The first-order valence-corrected chi connectivity index (χ1v) is 4.36. The SMILES string of the molecule is CCC(N)=NCc1ccc(F)cc1F. The molecule has 0 fully saturated rings. The zero-order valence-corrected chi connectivity index (χ0v) is 7.93. The molecule has 0 saturated carbocycles. The number of benzene rings is 1. The van der Waals surface area contributed by atoms with Crippen molar-refractivity contribution in [3.63, 3.8) is 0 Å². The number of nitrogens with zero attached hydrogens (tertiary/aromatic N) is 1. The lowest BCUT2D eigenvalue weighted by molar-refractivity contribution is 0.572. The van der Waals surface area contributed by atoms with E-state index in [1.165, 1.54) is 12.1 Å². The molecule has 0 aliphatic heterocycles. The molecule has 0 radical (unpaired) electrons. The largest absolute Gasteiger partial charge is 0.387 e. The van der Waals surface area contributed by atoms with Gasteiger partial charge in [0.05, 0.1) is 12.4 Å². The van der Waals surface area contributed by atoms with E-state index in [0.29, 0.717) is 17.8 Å². The zero-order chi connectivity index (χ0) is 10.6. The first-order valence-electron chi connectivity index (χ1n) is 4.36. The smallest absolute Gasteiger partial charge is 0.131 e. The Labute approximate surface area is 81.5 Å². The predicted octanol–water partition coefficient (Wildman–Crippen LogP) is 2.23. The highest BCUT2D eigenvalue weighted by molar-refractivity contribution is 5.79. The molecule has 0 unspecified atom stereocenters. The summed E-state index contributed by atoms with van der Waals surface area (Å²) in [5.41, 5.74) is 5.80. The minimum Gasteiger partial charge on any atom is -0.387 e. The van der Waals surface area contributed by atoms with Gasteiger partial charge in [-0.2, -0.15) is 0 Å². The fraction of sp³-hybridized carbons (Fsp3) is 0.300. The van der Waals surface area contributed by atoms with Crippen LogP contribution in [0.3, 0.4) is 0 Å². The van der Waals surface area contributed by atoms with Crippen LogP contribution in [0.1, 0.15) is 18.9 Å². The van der Waals surface area contributed by atoms with Gasteiger partial charge in [0.1, 0.15) is 11.6 Å². The minimum absolute atomic E-state index is 0.159. The van der Waals surface area contributed by atoms with Crippen LogP contribution in [0.5, 0.6) is 0 Å². The first kappa shape index (κ1) is 10.6. The molecule has 1 aromatic rings. The second-order valence-corrected chi connectivity index (χ2v) is 2.90. The highest BCUT2D eigenvalue weighted by atomic mass is 19.1. The van der Waals surface area contributed by atoms with Gasteiger partial charge in [0.15, 0.2) is 0 Å². The van der Waals surface area contributed by atoms with Crippen LogP contribution in [0, 0.1) is 11.6 Å². The summed E-state index contributed by atoms with van der Waals surface area (Å²) in [7, 11) is 0. The van der Waals surface area contributed by atoms with E-state index in [2.05, 4.69) is 4.99 Å². The zero-order valence-electron chi connectivity index (χ0n) is 7.93. The fourth-order valence-electron chi connectivity index (χ4n) is 0.948. The van der Waals surface area contributed by atoms with E-state index >= 15 is 0 Å². The topological polar surface area (TPSA) is 38.4 Å². The van der Waals surface area contributed by atoms with Crippen molar-refractivity contribution < 1.29 is 8.78 Å². The van der Waals surface area contributed by atoms with E-state index in [9.17, 15) is 8.78 Å². The molecule has 4 heteroatoms. The maximum atomic E-state index is 13.1. The van der Waals surface area contributed by atoms with Gasteiger partial charge < -0.3 is 5.73 Å². The van der Waals surface area contributed by atoms with E-state index in [1.54, 1.807) is 0 Å². The molecule has 2 N–H and O–H groups in total. The Balaban J connectivity index is 2.77. The molecule has 0 saturated heterocycles. The van der Waals surface area contributed by atoms with E-state index in [-0.39, 0.29) is 6.54 Å². The lowest BCUT2D eigenvalue weighted by Gasteiger charge is -2.00. The van der Waals surface area contributed by atoms with Crippen molar-refractivity contribution in [1.82, 2.24) is 0 Å². The summed E-state index contributed by atoms with van der Waals surface area (Å²) < 4.78 is 25.6. The number of aliphatic imine (C=N–C) groups is 1. The maximum Gasteiger partial charge on any atom is 0.131 e. The van der Waals surface area contributed by atoms with Crippen LogP contribution >= 0.6 is 0 Å². The highest BCUT2D eigenvalue weighted by Crippen LogP contribution is 2.10. The maximum absolute atomic E-state index is 13.1. The molecular weight excluding hydrogens is 186 g/mol. The molecule has 0 bridgehead atoms. The quantitative estimate of drug-likeness (QED) is 0.587. The van der Waals surface area contributed by atoms with E-state index in [1.807, 2.05) is 6.92 Å². The van der Waals surface area contributed by atoms with Crippen molar-refractivity contribution in [1.29, 1.82) is 0 Å². The average Bonchev–Trinajstić information content (AvgIpc) is 2.16. The third-order valence-electron chi connectivity index (χ3n) is 1.83.